The second kappa shape index (κ2) is 6.18. The fraction of sp³-hybridized carbons (Fsp3) is 0.500. The minimum Gasteiger partial charge on any atom is -0.376 e. The quantitative estimate of drug-likeness (QED) is 0.676. The lowest BCUT2D eigenvalue weighted by Gasteiger charge is -2.12. The Morgan fingerprint density at radius 1 is 1.25 bits per heavy atom. The molecular weight excluding hydrogens is 254 g/mol. The molecule has 0 spiro atoms. The molecule has 2 rings (SSSR count). The zero-order valence-corrected chi connectivity index (χ0v) is 12.3. The molecule has 1 unspecified atom stereocenters. The lowest BCUT2D eigenvalue weighted by atomic mass is 9.96. The van der Waals surface area contributed by atoms with Crippen molar-refractivity contribution in [3.8, 4) is 0 Å². The van der Waals surface area contributed by atoms with Gasteiger partial charge in [-0.05, 0) is 44.7 Å². The van der Waals surface area contributed by atoms with Crippen molar-refractivity contribution in [3.05, 3.63) is 34.4 Å². The number of Topliss-reactive ketones (excluding diaryl/α,β-unsaturated/α-hetero) is 1. The van der Waals surface area contributed by atoms with Crippen molar-refractivity contribution in [2.75, 3.05) is 13.2 Å². The molecule has 0 bridgehead atoms. The van der Waals surface area contributed by atoms with Crippen LogP contribution in [0.2, 0.25) is 0 Å². The molecule has 1 N–H and O–H groups in total. The fourth-order valence-corrected chi connectivity index (χ4v) is 2.74. The van der Waals surface area contributed by atoms with Gasteiger partial charge in [-0.3, -0.25) is 9.59 Å². The number of rotatable bonds is 4. The fourth-order valence-electron chi connectivity index (χ4n) is 2.74. The molecule has 0 aliphatic carbocycles. The van der Waals surface area contributed by atoms with E-state index < -0.39 is 11.7 Å². The Morgan fingerprint density at radius 2 is 1.90 bits per heavy atom. The lowest BCUT2D eigenvalue weighted by molar-refractivity contribution is -0.117. The van der Waals surface area contributed by atoms with Crippen LogP contribution in [0.5, 0.6) is 0 Å². The smallest absolute Gasteiger partial charge is 0.292 e. The van der Waals surface area contributed by atoms with Gasteiger partial charge in [0, 0.05) is 18.7 Å². The van der Waals surface area contributed by atoms with E-state index in [1.807, 2.05) is 32.9 Å². The molecule has 1 amide bonds. The van der Waals surface area contributed by atoms with Gasteiger partial charge in [0.1, 0.15) is 0 Å². The number of aryl methyl sites for hydroxylation is 3. The normalized spacial score (nSPS) is 18.1. The van der Waals surface area contributed by atoms with Gasteiger partial charge >= 0.3 is 0 Å². The van der Waals surface area contributed by atoms with Crippen LogP contribution >= 0.6 is 0 Å². The third-order valence-electron chi connectivity index (χ3n) is 3.62. The summed E-state index contributed by atoms with van der Waals surface area (Å²) in [5.41, 5.74) is 3.30. The van der Waals surface area contributed by atoms with Crippen molar-refractivity contribution in [1.29, 1.82) is 0 Å². The SMILES string of the molecule is Cc1cc(C)c(C(=O)C(=O)NCC2CCCO2)c(C)c1. The maximum atomic E-state index is 12.2. The first-order chi connectivity index (χ1) is 9.49. The zero-order valence-electron chi connectivity index (χ0n) is 12.3. The molecule has 1 aromatic rings. The number of nitrogens with one attached hydrogen (secondary N) is 1. The molecule has 1 fully saturated rings. The highest BCUT2D eigenvalue weighted by Gasteiger charge is 2.22. The van der Waals surface area contributed by atoms with Gasteiger partial charge < -0.3 is 10.1 Å². The second-order valence-corrected chi connectivity index (χ2v) is 5.45. The van der Waals surface area contributed by atoms with E-state index in [0.717, 1.165) is 36.1 Å². The minimum atomic E-state index is -0.546. The topological polar surface area (TPSA) is 55.4 Å². The summed E-state index contributed by atoms with van der Waals surface area (Å²) in [5.74, 6) is -1.01. The Labute approximate surface area is 119 Å². The first-order valence-electron chi connectivity index (χ1n) is 7.01. The summed E-state index contributed by atoms with van der Waals surface area (Å²) in [4.78, 5) is 24.2. The van der Waals surface area contributed by atoms with Gasteiger partial charge in [-0.1, -0.05) is 17.7 Å². The van der Waals surface area contributed by atoms with Gasteiger partial charge in [0.05, 0.1) is 6.10 Å². The third kappa shape index (κ3) is 3.25. The molecule has 108 valence electrons. The van der Waals surface area contributed by atoms with Gasteiger partial charge in [0.15, 0.2) is 0 Å². The van der Waals surface area contributed by atoms with Crippen LogP contribution in [0.4, 0.5) is 0 Å². The van der Waals surface area contributed by atoms with E-state index in [-0.39, 0.29) is 6.10 Å². The number of carbonyl (C=O) groups is 2. The molecule has 1 aromatic carbocycles. The van der Waals surface area contributed by atoms with Crippen LogP contribution < -0.4 is 5.32 Å². The average molecular weight is 275 g/mol. The van der Waals surface area contributed by atoms with Gasteiger partial charge in [-0.25, -0.2) is 0 Å². The summed E-state index contributed by atoms with van der Waals surface area (Å²) in [5, 5.41) is 2.68. The van der Waals surface area contributed by atoms with Gasteiger partial charge in [-0.15, -0.1) is 0 Å². The van der Waals surface area contributed by atoms with Crippen molar-refractivity contribution >= 4 is 11.7 Å². The molecule has 0 radical (unpaired) electrons. The number of hydrogen-bond donors (Lipinski definition) is 1. The number of hydrogen-bond acceptors (Lipinski definition) is 3. The van der Waals surface area contributed by atoms with Crippen LogP contribution in [-0.4, -0.2) is 30.9 Å². The Balaban J connectivity index is 2.04. The van der Waals surface area contributed by atoms with E-state index in [0.29, 0.717) is 12.1 Å². The largest absolute Gasteiger partial charge is 0.376 e. The van der Waals surface area contributed by atoms with E-state index in [2.05, 4.69) is 5.32 Å². The van der Waals surface area contributed by atoms with Crippen molar-refractivity contribution in [3.63, 3.8) is 0 Å². The van der Waals surface area contributed by atoms with Crippen molar-refractivity contribution in [1.82, 2.24) is 5.32 Å². The summed E-state index contributed by atoms with van der Waals surface area (Å²) < 4.78 is 5.43. The minimum absolute atomic E-state index is 0.0481. The van der Waals surface area contributed by atoms with Crippen molar-refractivity contribution in [2.24, 2.45) is 0 Å². The van der Waals surface area contributed by atoms with E-state index in [4.69, 9.17) is 4.74 Å². The maximum absolute atomic E-state index is 12.2. The highest BCUT2D eigenvalue weighted by Crippen LogP contribution is 2.17. The predicted octanol–water partition coefficient (Wildman–Crippen LogP) is 2.09. The molecule has 1 atom stereocenters. The molecule has 0 aromatic heterocycles. The average Bonchev–Trinajstić information content (AvgIpc) is 2.87. The van der Waals surface area contributed by atoms with E-state index in [9.17, 15) is 9.59 Å². The van der Waals surface area contributed by atoms with E-state index >= 15 is 0 Å². The van der Waals surface area contributed by atoms with E-state index in [1.165, 1.54) is 0 Å². The van der Waals surface area contributed by atoms with Crippen molar-refractivity contribution < 1.29 is 14.3 Å². The van der Waals surface area contributed by atoms with Crippen LogP contribution in [-0.2, 0) is 9.53 Å². The molecule has 4 heteroatoms. The number of carbonyl (C=O) groups excluding carboxylic acids is 2. The molecule has 1 aliphatic rings. The Morgan fingerprint density at radius 3 is 2.45 bits per heavy atom. The predicted molar refractivity (Wildman–Crippen MR) is 77.0 cm³/mol. The van der Waals surface area contributed by atoms with Crippen LogP contribution in [0.25, 0.3) is 0 Å². The molecule has 1 saturated heterocycles. The van der Waals surface area contributed by atoms with Crippen LogP contribution in [0.1, 0.15) is 39.9 Å². The van der Waals surface area contributed by atoms with Gasteiger partial charge in [-0.2, -0.15) is 0 Å². The number of ether oxygens (including phenoxy) is 1. The Kier molecular flexibility index (Phi) is 4.55. The number of amides is 1. The molecular formula is C16H21NO3. The summed E-state index contributed by atoms with van der Waals surface area (Å²) in [6, 6.07) is 3.85. The van der Waals surface area contributed by atoms with Crippen molar-refractivity contribution in [2.45, 2.75) is 39.7 Å². The highest BCUT2D eigenvalue weighted by atomic mass is 16.5. The first-order valence-corrected chi connectivity index (χ1v) is 7.01. The Bertz CT molecular complexity index is 508. The maximum Gasteiger partial charge on any atom is 0.292 e. The van der Waals surface area contributed by atoms with Gasteiger partial charge in [0.2, 0.25) is 0 Å². The van der Waals surface area contributed by atoms with Gasteiger partial charge in [0.25, 0.3) is 11.7 Å². The summed E-state index contributed by atoms with van der Waals surface area (Å²) >= 11 is 0. The highest BCUT2D eigenvalue weighted by molar-refractivity contribution is 6.43. The molecule has 1 heterocycles. The van der Waals surface area contributed by atoms with E-state index in [1.54, 1.807) is 0 Å². The molecule has 0 saturated carbocycles. The summed E-state index contributed by atoms with van der Waals surface area (Å²) in [6.07, 6.45) is 2.01. The number of ketones is 1. The first kappa shape index (κ1) is 14.7. The number of benzene rings is 1. The van der Waals surface area contributed by atoms with Crippen LogP contribution in [0.3, 0.4) is 0 Å². The lowest BCUT2D eigenvalue weighted by Crippen LogP contribution is -2.37. The van der Waals surface area contributed by atoms with Crippen LogP contribution in [0, 0.1) is 20.8 Å². The summed E-state index contributed by atoms with van der Waals surface area (Å²) in [7, 11) is 0. The molecule has 1 aliphatic heterocycles. The molecule has 20 heavy (non-hydrogen) atoms. The standard InChI is InChI=1S/C16H21NO3/c1-10-7-11(2)14(12(3)8-10)15(18)16(19)17-9-13-5-4-6-20-13/h7-8,13H,4-6,9H2,1-3H3,(H,17,19). The monoisotopic (exact) mass is 275 g/mol. The zero-order chi connectivity index (χ0) is 14.7. The molecule has 4 nitrogen and oxygen atoms in total. The Hall–Kier alpha value is -1.68. The summed E-state index contributed by atoms with van der Waals surface area (Å²) in [6.45, 7) is 6.85. The van der Waals surface area contributed by atoms with Crippen LogP contribution in [0.15, 0.2) is 12.1 Å². The third-order valence-corrected chi connectivity index (χ3v) is 3.62. The second-order valence-electron chi connectivity index (χ2n) is 5.45.